The Morgan fingerprint density at radius 2 is 1.80 bits per heavy atom. The number of aryl methyl sites for hydroxylation is 3. The van der Waals surface area contributed by atoms with Crippen molar-refractivity contribution < 1.29 is 4.79 Å². The van der Waals surface area contributed by atoms with Crippen LogP contribution < -0.4 is 0 Å². The molecule has 4 aromatic rings. The molecule has 1 amide bonds. The molecule has 0 atom stereocenters. The van der Waals surface area contributed by atoms with Crippen molar-refractivity contribution in [2.24, 2.45) is 0 Å². The van der Waals surface area contributed by atoms with Gasteiger partial charge in [0.2, 0.25) is 0 Å². The third kappa shape index (κ3) is 2.98. The van der Waals surface area contributed by atoms with Gasteiger partial charge in [0.1, 0.15) is 0 Å². The Kier molecular flexibility index (Phi) is 4.39. The summed E-state index contributed by atoms with van der Waals surface area (Å²) in [5.41, 5.74) is 9.00. The highest BCUT2D eigenvalue weighted by molar-refractivity contribution is 5.95. The molecule has 1 aliphatic heterocycles. The van der Waals surface area contributed by atoms with Gasteiger partial charge in [-0.2, -0.15) is 5.10 Å². The van der Waals surface area contributed by atoms with Crippen molar-refractivity contribution in [2.75, 3.05) is 6.54 Å². The maximum atomic E-state index is 13.3. The number of nitrogens with zero attached hydrogens (tertiary/aromatic N) is 4. The van der Waals surface area contributed by atoms with Crippen LogP contribution in [0.1, 0.15) is 38.4 Å². The normalized spacial score (nSPS) is 13.5. The maximum Gasteiger partial charge on any atom is 0.257 e. The minimum absolute atomic E-state index is 0.0154. The van der Waals surface area contributed by atoms with Crippen LogP contribution >= 0.6 is 0 Å². The van der Waals surface area contributed by atoms with Gasteiger partial charge in [0.15, 0.2) is 5.65 Å². The number of benzene rings is 2. The largest absolute Gasteiger partial charge is 0.334 e. The summed E-state index contributed by atoms with van der Waals surface area (Å²) in [6, 6.07) is 16.7. The molecule has 0 radical (unpaired) electrons. The van der Waals surface area contributed by atoms with Crippen LogP contribution in [0.15, 0.2) is 54.7 Å². The van der Waals surface area contributed by atoms with E-state index in [2.05, 4.69) is 48.3 Å². The average molecular weight is 396 g/mol. The lowest BCUT2D eigenvalue weighted by Crippen LogP contribution is -2.36. The van der Waals surface area contributed by atoms with Gasteiger partial charge < -0.3 is 4.90 Å². The smallest absolute Gasteiger partial charge is 0.257 e. The number of carbonyl (C=O) groups is 1. The Morgan fingerprint density at radius 3 is 2.60 bits per heavy atom. The molecule has 0 saturated heterocycles. The first-order valence-corrected chi connectivity index (χ1v) is 10.3. The van der Waals surface area contributed by atoms with Crippen LogP contribution in [0, 0.1) is 20.8 Å². The lowest BCUT2D eigenvalue weighted by atomic mass is 9.99. The molecule has 0 fully saturated rings. The van der Waals surface area contributed by atoms with Crippen LogP contribution in [0.3, 0.4) is 0 Å². The monoisotopic (exact) mass is 396 g/mol. The van der Waals surface area contributed by atoms with Crippen molar-refractivity contribution in [3.05, 3.63) is 88.4 Å². The van der Waals surface area contributed by atoms with E-state index < -0.39 is 0 Å². The molecule has 0 N–H and O–H groups in total. The summed E-state index contributed by atoms with van der Waals surface area (Å²) < 4.78 is 1.82. The lowest BCUT2D eigenvalue weighted by Gasteiger charge is -2.29. The number of hydrogen-bond donors (Lipinski definition) is 0. The van der Waals surface area contributed by atoms with Gasteiger partial charge in [0.05, 0.1) is 17.0 Å². The van der Waals surface area contributed by atoms with Gasteiger partial charge in [-0.15, -0.1) is 0 Å². The van der Waals surface area contributed by atoms with Gasteiger partial charge in [0, 0.05) is 24.8 Å². The van der Waals surface area contributed by atoms with Crippen molar-refractivity contribution in [3.8, 4) is 11.1 Å². The fourth-order valence-corrected chi connectivity index (χ4v) is 4.39. The second-order valence-corrected chi connectivity index (χ2v) is 8.07. The third-order valence-corrected chi connectivity index (χ3v) is 6.01. The summed E-state index contributed by atoms with van der Waals surface area (Å²) in [5.74, 6) is 0.0154. The molecule has 2 aromatic heterocycles. The number of carbonyl (C=O) groups excluding carboxylic acids is 1. The van der Waals surface area contributed by atoms with E-state index in [4.69, 9.17) is 5.10 Å². The number of hydrogen-bond acceptors (Lipinski definition) is 3. The first kappa shape index (κ1) is 18.6. The summed E-state index contributed by atoms with van der Waals surface area (Å²) >= 11 is 0. The van der Waals surface area contributed by atoms with Crippen molar-refractivity contribution in [3.63, 3.8) is 0 Å². The van der Waals surface area contributed by atoms with E-state index in [0.29, 0.717) is 12.1 Å². The fraction of sp³-hybridized carbons (Fsp3) is 0.240. The Balaban J connectivity index is 1.54. The molecule has 0 spiro atoms. The van der Waals surface area contributed by atoms with E-state index in [0.717, 1.165) is 41.1 Å². The molecular weight excluding hydrogens is 372 g/mol. The number of fused-ring (bicyclic) bond motifs is 2. The van der Waals surface area contributed by atoms with Crippen LogP contribution in [0.4, 0.5) is 0 Å². The zero-order valence-corrected chi connectivity index (χ0v) is 17.5. The number of aromatic nitrogens is 3. The van der Waals surface area contributed by atoms with Gasteiger partial charge in [-0.25, -0.2) is 9.50 Å². The maximum absolute atomic E-state index is 13.3. The molecule has 0 bridgehead atoms. The van der Waals surface area contributed by atoms with Crippen LogP contribution in [0.5, 0.6) is 0 Å². The topological polar surface area (TPSA) is 50.5 Å². The molecule has 30 heavy (non-hydrogen) atoms. The summed E-state index contributed by atoms with van der Waals surface area (Å²) in [4.78, 5) is 19.9. The van der Waals surface area contributed by atoms with Gasteiger partial charge in [-0.05, 0) is 43.9 Å². The van der Waals surface area contributed by atoms with E-state index in [9.17, 15) is 4.79 Å². The first-order valence-electron chi connectivity index (χ1n) is 10.3. The molecule has 0 aliphatic carbocycles. The van der Waals surface area contributed by atoms with Gasteiger partial charge >= 0.3 is 0 Å². The van der Waals surface area contributed by atoms with Gasteiger partial charge in [-0.3, -0.25) is 4.79 Å². The molecule has 5 heteroatoms. The molecule has 1 aliphatic rings. The molecule has 0 saturated carbocycles. The number of amides is 1. The molecule has 5 rings (SSSR count). The quantitative estimate of drug-likeness (QED) is 0.501. The second kappa shape index (κ2) is 7.10. The Bertz CT molecular complexity index is 1290. The summed E-state index contributed by atoms with van der Waals surface area (Å²) in [5, 5.41) is 4.73. The zero-order chi connectivity index (χ0) is 20.8. The van der Waals surface area contributed by atoms with E-state index in [-0.39, 0.29) is 5.91 Å². The minimum Gasteiger partial charge on any atom is -0.334 e. The van der Waals surface area contributed by atoms with Crippen molar-refractivity contribution >= 4 is 11.6 Å². The van der Waals surface area contributed by atoms with Gasteiger partial charge in [0.25, 0.3) is 5.91 Å². The van der Waals surface area contributed by atoms with Crippen molar-refractivity contribution in [2.45, 2.75) is 33.7 Å². The molecule has 3 heterocycles. The molecular formula is C25H24N4O. The molecule has 150 valence electrons. The van der Waals surface area contributed by atoms with E-state index in [1.54, 1.807) is 6.20 Å². The minimum atomic E-state index is 0.0154. The highest BCUT2D eigenvalue weighted by Crippen LogP contribution is 2.29. The zero-order valence-electron chi connectivity index (χ0n) is 17.5. The Hall–Kier alpha value is -3.47. The summed E-state index contributed by atoms with van der Waals surface area (Å²) in [6.45, 7) is 7.39. The van der Waals surface area contributed by atoms with E-state index in [1.807, 2.05) is 35.4 Å². The predicted molar refractivity (Wildman–Crippen MR) is 118 cm³/mol. The van der Waals surface area contributed by atoms with E-state index >= 15 is 0 Å². The predicted octanol–water partition coefficient (Wildman–Crippen LogP) is 4.52. The lowest BCUT2D eigenvalue weighted by molar-refractivity contribution is 0.0732. The number of rotatable bonds is 2. The average Bonchev–Trinajstić information content (AvgIpc) is 3.10. The molecule has 2 aromatic carbocycles. The molecule has 5 nitrogen and oxygen atoms in total. The highest BCUT2D eigenvalue weighted by atomic mass is 16.2. The van der Waals surface area contributed by atoms with Gasteiger partial charge in [-0.1, -0.05) is 54.1 Å². The van der Waals surface area contributed by atoms with Crippen LogP contribution in [0.25, 0.3) is 16.8 Å². The fourth-order valence-electron chi connectivity index (χ4n) is 4.39. The highest BCUT2D eigenvalue weighted by Gasteiger charge is 2.25. The SMILES string of the molecule is Cc1cccc(-c2c(C)nn3c(C)c(C(=O)N4CCc5ccccc5C4)cnc23)c1. The summed E-state index contributed by atoms with van der Waals surface area (Å²) in [7, 11) is 0. The summed E-state index contributed by atoms with van der Waals surface area (Å²) in [6.07, 6.45) is 2.60. The van der Waals surface area contributed by atoms with E-state index in [1.165, 1.54) is 16.7 Å². The van der Waals surface area contributed by atoms with Crippen molar-refractivity contribution in [1.29, 1.82) is 0 Å². The third-order valence-electron chi connectivity index (χ3n) is 6.01. The molecule has 0 unspecified atom stereocenters. The van der Waals surface area contributed by atoms with Crippen LogP contribution in [-0.2, 0) is 13.0 Å². The Labute approximate surface area is 176 Å². The standard InChI is InChI=1S/C25H24N4O/c1-16-7-6-10-20(13-16)23-17(2)27-29-18(3)22(14-26-24(23)29)25(30)28-12-11-19-8-4-5-9-21(19)15-28/h4-10,13-14H,11-12,15H2,1-3H3. The Morgan fingerprint density at radius 1 is 1.00 bits per heavy atom. The van der Waals surface area contributed by atoms with Crippen molar-refractivity contribution in [1.82, 2.24) is 19.5 Å². The second-order valence-electron chi connectivity index (χ2n) is 8.07. The van der Waals surface area contributed by atoms with Crippen LogP contribution in [0.2, 0.25) is 0 Å². The van der Waals surface area contributed by atoms with Crippen LogP contribution in [-0.4, -0.2) is 31.9 Å². The first-order chi connectivity index (χ1) is 14.5.